The third kappa shape index (κ3) is 2.15. The maximum absolute atomic E-state index is 10.2. The quantitative estimate of drug-likeness (QED) is 0.888. The highest BCUT2D eigenvalue weighted by atomic mass is 79.9. The molecule has 98 valence electrons. The van der Waals surface area contributed by atoms with E-state index in [1.165, 1.54) is 0 Å². The number of hydrogen-bond acceptors (Lipinski definition) is 4. The van der Waals surface area contributed by atoms with Gasteiger partial charge in [-0.25, -0.2) is 0 Å². The fourth-order valence-electron chi connectivity index (χ4n) is 1.92. The van der Waals surface area contributed by atoms with Gasteiger partial charge in [-0.2, -0.15) is 10.2 Å². The summed E-state index contributed by atoms with van der Waals surface area (Å²) in [5.74, 6) is 0.484. The molecular weight excluding hydrogens is 298 g/mol. The Labute approximate surface area is 114 Å². The van der Waals surface area contributed by atoms with Crippen LogP contribution in [0.1, 0.15) is 23.1 Å². The number of nitrogens with two attached hydrogens (primary N) is 1. The lowest BCUT2D eigenvalue weighted by molar-refractivity contribution is 0.176. The lowest BCUT2D eigenvalue weighted by Gasteiger charge is -2.10. The van der Waals surface area contributed by atoms with E-state index in [-0.39, 0.29) is 0 Å². The molecule has 0 fully saturated rings. The third-order valence-corrected chi connectivity index (χ3v) is 4.05. The van der Waals surface area contributed by atoms with E-state index >= 15 is 0 Å². The van der Waals surface area contributed by atoms with E-state index in [1.807, 2.05) is 14.0 Å². The van der Waals surface area contributed by atoms with Crippen molar-refractivity contribution in [3.63, 3.8) is 0 Å². The van der Waals surface area contributed by atoms with Crippen molar-refractivity contribution in [1.29, 1.82) is 0 Å². The molecule has 0 aliphatic heterocycles. The van der Waals surface area contributed by atoms with Crippen molar-refractivity contribution in [3.8, 4) is 0 Å². The number of aryl methyl sites for hydroxylation is 3. The lowest BCUT2D eigenvalue weighted by atomic mass is 10.1. The number of aromatic nitrogens is 4. The van der Waals surface area contributed by atoms with E-state index in [1.54, 1.807) is 22.6 Å². The predicted octanol–water partition coefficient (Wildman–Crippen LogP) is 1.08. The lowest BCUT2D eigenvalue weighted by Crippen LogP contribution is -2.09. The first-order chi connectivity index (χ1) is 8.41. The van der Waals surface area contributed by atoms with Crippen LogP contribution in [0.2, 0.25) is 0 Å². The van der Waals surface area contributed by atoms with Gasteiger partial charge in [-0.05, 0) is 22.9 Å². The Balaban J connectivity index is 2.26. The first-order valence-electron chi connectivity index (χ1n) is 5.55. The van der Waals surface area contributed by atoms with Gasteiger partial charge in [-0.15, -0.1) is 0 Å². The van der Waals surface area contributed by atoms with E-state index < -0.39 is 6.10 Å². The zero-order chi connectivity index (χ0) is 13.4. The molecule has 2 rings (SSSR count). The molecule has 0 saturated carbocycles. The number of nitrogens with zero attached hydrogens (tertiary/aromatic N) is 4. The van der Waals surface area contributed by atoms with Gasteiger partial charge in [0.15, 0.2) is 0 Å². The minimum atomic E-state index is -0.690. The van der Waals surface area contributed by atoms with Gasteiger partial charge in [0.05, 0.1) is 28.2 Å². The van der Waals surface area contributed by atoms with Crippen molar-refractivity contribution >= 4 is 21.7 Å². The van der Waals surface area contributed by atoms with Crippen molar-refractivity contribution in [2.75, 3.05) is 5.73 Å². The number of hydrogen-bond donors (Lipinski definition) is 2. The SMILES string of the molecule is Cc1nn(C)c(CC(O)c2cnn(C)c2N)c1Br. The van der Waals surface area contributed by atoms with Gasteiger partial charge < -0.3 is 10.8 Å². The normalized spacial score (nSPS) is 12.9. The summed E-state index contributed by atoms with van der Waals surface area (Å²) in [4.78, 5) is 0. The van der Waals surface area contributed by atoms with Gasteiger partial charge in [0.25, 0.3) is 0 Å². The minimum absolute atomic E-state index is 0.438. The van der Waals surface area contributed by atoms with Gasteiger partial charge in [0.1, 0.15) is 5.82 Å². The van der Waals surface area contributed by atoms with Crippen LogP contribution in [0.25, 0.3) is 0 Å². The highest BCUT2D eigenvalue weighted by molar-refractivity contribution is 9.10. The zero-order valence-corrected chi connectivity index (χ0v) is 12.1. The van der Waals surface area contributed by atoms with Crippen molar-refractivity contribution in [1.82, 2.24) is 19.6 Å². The molecule has 1 unspecified atom stereocenters. The molecule has 0 spiro atoms. The number of halogens is 1. The van der Waals surface area contributed by atoms with E-state index in [4.69, 9.17) is 5.73 Å². The first-order valence-corrected chi connectivity index (χ1v) is 6.34. The number of rotatable bonds is 3. The van der Waals surface area contributed by atoms with Crippen molar-refractivity contribution in [2.24, 2.45) is 14.1 Å². The summed E-state index contributed by atoms with van der Waals surface area (Å²) in [6.07, 6.45) is 1.34. The number of nitrogen functional groups attached to an aromatic ring is 1. The van der Waals surface area contributed by atoms with Crippen molar-refractivity contribution < 1.29 is 5.11 Å². The fourth-order valence-corrected chi connectivity index (χ4v) is 2.41. The Kier molecular flexibility index (Phi) is 3.45. The molecule has 3 N–H and O–H groups in total. The van der Waals surface area contributed by atoms with Crippen LogP contribution in [0.5, 0.6) is 0 Å². The average molecular weight is 314 g/mol. The Hall–Kier alpha value is -1.34. The van der Waals surface area contributed by atoms with Gasteiger partial charge >= 0.3 is 0 Å². The first kappa shape index (κ1) is 13.1. The van der Waals surface area contributed by atoms with Crippen LogP contribution in [0, 0.1) is 6.92 Å². The monoisotopic (exact) mass is 313 g/mol. The molecule has 18 heavy (non-hydrogen) atoms. The molecule has 0 aliphatic rings. The average Bonchev–Trinajstić information content (AvgIpc) is 2.75. The molecule has 2 aromatic rings. The van der Waals surface area contributed by atoms with Crippen LogP contribution in [-0.2, 0) is 20.5 Å². The van der Waals surface area contributed by atoms with Crippen molar-refractivity contribution in [2.45, 2.75) is 19.4 Å². The Morgan fingerprint density at radius 3 is 2.56 bits per heavy atom. The van der Waals surface area contributed by atoms with E-state index in [0.717, 1.165) is 15.9 Å². The summed E-state index contributed by atoms with van der Waals surface area (Å²) >= 11 is 3.48. The van der Waals surface area contributed by atoms with Crippen LogP contribution in [-0.4, -0.2) is 24.7 Å². The summed E-state index contributed by atoms with van der Waals surface area (Å²) in [6.45, 7) is 1.92. The second-order valence-electron chi connectivity index (χ2n) is 4.30. The molecule has 2 heterocycles. The third-order valence-electron chi connectivity index (χ3n) is 3.02. The van der Waals surface area contributed by atoms with Gasteiger partial charge in [-0.3, -0.25) is 9.36 Å². The molecule has 6 nitrogen and oxygen atoms in total. The zero-order valence-electron chi connectivity index (χ0n) is 10.6. The number of aliphatic hydroxyl groups excluding tert-OH is 1. The van der Waals surface area contributed by atoms with Crippen LogP contribution in [0.4, 0.5) is 5.82 Å². The second-order valence-corrected chi connectivity index (χ2v) is 5.09. The number of anilines is 1. The summed E-state index contributed by atoms with van der Waals surface area (Å²) in [5.41, 5.74) is 8.32. The number of aliphatic hydroxyl groups is 1. The topological polar surface area (TPSA) is 81.9 Å². The molecule has 0 aliphatic carbocycles. The second kappa shape index (κ2) is 4.74. The standard InChI is InChI=1S/C11H16BrN5O/c1-6-10(12)8(16(2)15-6)4-9(18)7-5-14-17(3)11(7)13/h5,9,18H,4,13H2,1-3H3. The summed E-state index contributed by atoms with van der Waals surface area (Å²) in [7, 11) is 3.60. The van der Waals surface area contributed by atoms with Crippen LogP contribution in [0.3, 0.4) is 0 Å². The van der Waals surface area contributed by atoms with E-state index in [0.29, 0.717) is 17.8 Å². The highest BCUT2D eigenvalue weighted by Crippen LogP contribution is 2.27. The largest absolute Gasteiger partial charge is 0.388 e. The molecule has 0 saturated heterocycles. The van der Waals surface area contributed by atoms with Crippen LogP contribution >= 0.6 is 15.9 Å². The smallest absolute Gasteiger partial charge is 0.127 e. The summed E-state index contributed by atoms with van der Waals surface area (Å²) in [5, 5.41) is 18.5. The maximum atomic E-state index is 10.2. The van der Waals surface area contributed by atoms with Gasteiger partial charge in [0.2, 0.25) is 0 Å². The van der Waals surface area contributed by atoms with E-state index in [2.05, 4.69) is 26.1 Å². The highest BCUT2D eigenvalue weighted by Gasteiger charge is 2.19. The minimum Gasteiger partial charge on any atom is -0.388 e. The fraction of sp³-hybridized carbons (Fsp3) is 0.455. The Morgan fingerprint density at radius 1 is 1.44 bits per heavy atom. The molecule has 0 bridgehead atoms. The van der Waals surface area contributed by atoms with Gasteiger partial charge in [-0.1, -0.05) is 0 Å². The predicted molar refractivity (Wildman–Crippen MR) is 71.9 cm³/mol. The van der Waals surface area contributed by atoms with Crippen LogP contribution in [0.15, 0.2) is 10.7 Å². The molecule has 2 aromatic heterocycles. The molecule has 0 radical (unpaired) electrons. The van der Waals surface area contributed by atoms with Crippen LogP contribution < -0.4 is 5.73 Å². The molecular formula is C11H16BrN5O. The van der Waals surface area contributed by atoms with E-state index in [9.17, 15) is 5.11 Å². The molecule has 7 heteroatoms. The molecule has 0 amide bonds. The van der Waals surface area contributed by atoms with Gasteiger partial charge in [0, 0.05) is 26.1 Å². The molecule has 1 atom stereocenters. The maximum Gasteiger partial charge on any atom is 0.127 e. The summed E-state index contributed by atoms with van der Waals surface area (Å²) < 4.78 is 4.23. The Bertz CT molecular complexity index is 574. The Morgan fingerprint density at radius 2 is 2.11 bits per heavy atom. The summed E-state index contributed by atoms with van der Waals surface area (Å²) in [6, 6.07) is 0. The molecule has 0 aromatic carbocycles. The van der Waals surface area contributed by atoms with Crippen molar-refractivity contribution in [3.05, 3.63) is 27.6 Å².